The zero-order chi connectivity index (χ0) is 14.9. The zero-order valence-electron chi connectivity index (χ0n) is 11.6. The predicted molar refractivity (Wildman–Crippen MR) is 67.9 cm³/mol. The van der Waals surface area contributed by atoms with Crippen LogP contribution in [0.15, 0.2) is 5.10 Å². The molecule has 0 aliphatic carbocycles. The minimum Gasteiger partial charge on any atom is -0.461 e. The van der Waals surface area contributed by atoms with Crippen molar-refractivity contribution in [2.24, 2.45) is 5.10 Å². The molecule has 1 N–H and O–H groups in total. The van der Waals surface area contributed by atoms with Crippen LogP contribution in [-0.4, -0.2) is 53.4 Å². The zero-order valence-corrected chi connectivity index (χ0v) is 11.6. The summed E-state index contributed by atoms with van der Waals surface area (Å²) in [6.45, 7) is 5.55. The molecular formula is C12H17N3O5. The molecule has 0 bridgehead atoms. The Bertz CT molecular complexity index is 485. The maximum absolute atomic E-state index is 12.2. The van der Waals surface area contributed by atoms with Gasteiger partial charge in [0.2, 0.25) is 0 Å². The summed E-state index contributed by atoms with van der Waals surface area (Å²) in [4.78, 5) is 36.4. The van der Waals surface area contributed by atoms with Crippen molar-refractivity contribution in [3.05, 3.63) is 0 Å². The third-order valence-corrected chi connectivity index (χ3v) is 2.95. The van der Waals surface area contributed by atoms with Gasteiger partial charge in [0.1, 0.15) is 17.4 Å². The predicted octanol–water partition coefficient (Wildman–Crippen LogP) is 0.0248. The van der Waals surface area contributed by atoms with Gasteiger partial charge < -0.3 is 9.47 Å². The van der Waals surface area contributed by atoms with Gasteiger partial charge in [0.05, 0.1) is 13.2 Å². The van der Waals surface area contributed by atoms with Gasteiger partial charge in [-0.2, -0.15) is 5.10 Å². The summed E-state index contributed by atoms with van der Waals surface area (Å²) in [6, 6.07) is -0.740. The molecule has 0 aromatic heterocycles. The molecule has 0 aromatic rings. The van der Waals surface area contributed by atoms with Gasteiger partial charge in [-0.1, -0.05) is 0 Å². The number of hydrazone groups is 1. The second-order valence-electron chi connectivity index (χ2n) is 5.22. The Balaban J connectivity index is 1.97. The Morgan fingerprint density at radius 1 is 1.55 bits per heavy atom. The van der Waals surface area contributed by atoms with E-state index in [0.29, 0.717) is 0 Å². The van der Waals surface area contributed by atoms with Crippen LogP contribution in [-0.2, 0) is 19.1 Å². The van der Waals surface area contributed by atoms with Gasteiger partial charge >= 0.3 is 12.1 Å². The van der Waals surface area contributed by atoms with Crippen molar-refractivity contribution >= 4 is 23.7 Å². The summed E-state index contributed by atoms with van der Waals surface area (Å²) in [5.41, 5.74) is 2.01. The van der Waals surface area contributed by atoms with Crippen molar-refractivity contribution in [1.29, 1.82) is 0 Å². The number of cyclic esters (lactones) is 1. The van der Waals surface area contributed by atoms with Crippen LogP contribution in [0, 0.1) is 0 Å². The lowest BCUT2D eigenvalue weighted by molar-refractivity contribution is -0.135. The van der Waals surface area contributed by atoms with Gasteiger partial charge in [-0.25, -0.2) is 14.5 Å². The molecule has 2 heterocycles. The van der Waals surface area contributed by atoms with Crippen LogP contribution in [0.5, 0.6) is 0 Å². The molecule has 1 atom stereocenters. The number of carbonyl (C=O) groups excluding carboxylic acids is 3. The molecule has 2 aliphatic rings. The molecule has 1 fully saturated rings. The first-order chi connectivity index (χ1) is 9.34. The monoisotopic (exact) mass is 283 g/mol. The van der Waals surface area contributed by atoms with Crippen molar-refractivity contribution in [3.8, 4) is 0 Å². The Labute approximate surface area is 116 Å². The topological polar surface area (TPSA) is 97.3 Å². The second-order valence-corrected chi connectivity index (χ2v) is 5.22. The van der Waals surface area contributed by atoms with E-state index in [0.717, 1.165) is 4.90 Å². The molecule has 110 valence electrons. The summed E-state index contributed by atoms with van der Waals surface area (Å²) in [5, 5.41) is 3.78. The Kier molecular flexibility index (Phi) is 3.65. The third kappa shape index (κ3) is 2.73. The molecule has 8 heteroatoms. The molecule has 2 amide bonds. The SMILES string of the molecule is CCOC(=O)C1=NN[C@@H](C(=O)N2CC(C)(C)OC2=O)C1. The lowest BCUT2D eigenvalue weighted by Gasteiger charge is -2.17. The van der Waals surface area contributed by atoms with E-state index in [-0.39, 0.29) is 25.3 Å². The fraction of sp³-hybridized carbons (Fsp3) is 0.667. The summed E-state index contributed by atoms with van der Waals surface area (Å²) in [5.74, 6) is -1.01. The molecule has 0 radical (unpaired) electrons. The van der Waals surface area contributed by atoms with Gasteiger partial charge in [0.15, 0.2) is 0 Å². The summed E-state index contributed by atoms with van der Waals surface area (Å²) < 4.78 is 9.87. The molecule has 0 saturated carbocycles. The van der Waals surface area contributed by atoms with Crippen molar-refractivity contribution in [2.45, 2.75) is 38.8 Å². The van der Waals surface area contributed by atoms with Gasteiger partial charge in [-0.3, -0.25) is 10.2 Å². The molecule has 0 aromatic carbocycles. The molecule has 0 unspecified atom stereocenters. The van der Waals surface area contributed by atoms with Crippen LogP contribution in [0.3, 0.4) is 0 Å². The lowest BCUT2D eigenvalue weighted by atomic mass is 10.1. The second kappa shape index (κ2) is 5.10. The maximum atomic E-state index is 12.2. The number of esters is 1. The number of nitrogens with zero attached hydrogens (tertiary/aromatic N) is 2. The Morgan fingerprint density at radius 2 is 2.25 bits per heavy atom. The van der Waals surface area contributed by atoms with Crippen molar-refractivity contribution < 1.29 is 23.9 Å². The van der Waals surface area contributed by atoms with E-state index >= 15 is 0 Å². The fourth-order valence-electron chi connectivity index (χ4n) is 2.05. The van der Waals surface area contributed by atoms with E-state index in [1.54, 1.807) is 20.8 Å². The Morgan fingerprint density at radius 3 is 2.80 bits per heavy atom. The number of hydrogen-bond donors (Lipinski definition) is 1. The summed E-state index contributed by atoms with van der Waals surface area (Å²) >= 11 is 0. The average molecular weight is 283 g/mol. The van der Waals surface area contributed by atoms with Gasteiger partial charge in [0.25, 0.3) is 5.91 Å². The lowest BCUT2D eigenvalue weighted by Crippen LogP contribution is -2.44. The summed E-state index contributed by atoms with van der Waals surface area (Å²) in [7, 11) is 0. The van der Waals surface area contributed by atoms with Gasteiger partial charge in [-0.05, 0) is 20.8 Å². The first-order valence-electron chi connectivity index (χ1n) is 6.37. The highest BCUT2D eigenvalue weighted by atomic mass is 16.6. The van der Waals surface area contributed by atoms with Crippen LogP contribution < -0.4 is 5.43 Å². The highest BCUT2D eigenvalue weighted by Crippen LogP contribution is 2.23. The smallest absolute Gasteiger partial charge is 0.417 e. The Hall–Kier alpha value is -2.12. The van der Waals surface area contributed by atoms with E-state index in [2.05, 4.69) is 10.5 Å². The van der Waals surface area contributed by atoms with Crippen LogP contribution in [0.25, 0.3) is 0 Å². The van der Waals surface area contributed by atoms with Gasteiger partial charge in [0, 0.05) is 6.42 Å². The van der Waals surface area contributed by atoms with E-state index in [1.807, 2.05) is 0 Å². The van der Waals surface area contributed by atoms with E-state index in [9.17, 15) is 14.4 Å². The molecule has 2 aliphatic heterocycles. The molecule has 2 rings (SSSR count). The number of nitrogens with one attached hydrogen (secondary N) is 1. The van der Waals surface area contributed by atoms with E-state index < -0.39 is 29.6 Å². The molecule has 20 heavy (non-hydrogen) atoms. The van der Waals surface area contributed by atoms with Gasteiger partial charge in [-0.15, -0.1) is 0 Å². The van der Waals surface area contributed by atoms with Crippen molar-refractivity contribution in [2.75, 3.05) is 13.2 Å². The van der Waals surface area contributed by atoms with Crippen LogP contribution in [0.4, 0.5) is 4.79 Å². The molecule has 1 saturated heterocycles. The normalized spacial score (nSPS) is 23.9. The van der Waals surface area contributed by atoms with E-state index in [4.69, 9.17) is 9.47 Å². The van der Waals surface area contributed by atoms with Crippen LogP contribution in [0.2, 0.25) is 0 Å². The van der Waals surface area contributed by atoms with Crippen molar-refractivity contribution in [1.82, 2.24) is 10.3 Å². The number of carbonyl (C=O) groups is 3. The molecule has 8 nitrogen and oxygen atoms in total. The fourth-order valence-corrected chi connectivity index (χ4v) is 2.05. The minimum absolute atomic E-state index is 0.0991. The first kappa shape index (κ1) is 14.3. The maximum Gasteiger partial charge on any atom is 0.417 e. The van der Waals surface area contributed by atoms with Crippen LogP contribution >= 0.6 is 0 Å². The number of amides is 2. The molecular weight excluding hydrogens is 266 g/mol. The third-order valence-electron chi connectivity index (χ3n) is 2.95. The average Bonchev–Trinajstić information content (AvgIpc) is 2.93. The number of rotatable bonds is 3. The standard InChI is InChI=1S/C12H17N3O5/c1-4-19-10(17)8-5-7(13-14-8)9(16)15-6-12(2,3)20-11(15)18/h7,13H,4-6H2,1-3H3/t7-/m1/s1. The largest absolute Gasteiger partial charge is 0.461 e. The highest BCUT2D eigenvalue weighted by Gasteiger charge is 2.44. The quantitative estimate of drug-likeness (QED) is 0.734. The minimum atomic E-state index is -0.740. The number of hydrogen-bond acceptors (Lipinski definition) is 7. The first-order valence-corrected chi connectivity index (χ1v) is 6.37. The molecule has 0 spiro atoms. The number of imide groups is 1. The summed E-state index contributed by atoms with van der Waals surface area (Å²) in [6.07, 6.45) is -0.576. The van der Waals surface area contributed by atoms with E-state index in [1.165, 1.54) is 0 Å². The number of ether oxygens (including phenoxy) is 2. The van der Waals surface area contributed by atoms with Crippen molar-refractivity contribution in [3.63, 3.8) is 0 Å². The van der Waals surface area contributed by atoms with Crippen LogP contribution in [0.1, 0.15) is 27.2 Å². The highest BCUT2D eigenvalue weighted by molar-refractivity contribution is 6.37.